The maximum absolute atomic E-state index is 14.0. The molecule has 38 heavy (non-hydrogen) atoms. The fraction of sp³-hybridized carbons (Fsp3) is 0.0741. The Labute approximate surface area is 225 Å². The molecule has 0 bridgehead atoms. The van der Waals surface area contributed by atoms with Gasteiger partial charge in [-0.2, -0.15) is 0 Å². The number of aryl methyl sites for hydroxylation is 1. The molecule has 0 aliphatic rings. The molecule has 4 aromatic rings. The maximum atomic E-state index is 14.0. The number of ether oxygens (including phenoxy) is 2. The van der Waals surface area contributed by atoms with Crippen LogP contribution in [0.15, 0.2) is 65.4 Å². The number of thiophene rings is 1. The van der Waals surface area contributed by atoms with E-state index in [2.05, 4.69) is 15.4 Å². The number of carbonyl (C=O) groups excluding carboxylic acids is 3. The second-order valence-corrected chi connectivity index (χ2v) is 9.11. The van der Waals surface area contributed by atoms with Crippen LogP contribution in [-0.4, -0.2) is 25.0 Å². The molecule has 1 aromatic heterocycles. The maximum Gasteiger partial charge on any atom is 0.513 e. The molecule has 1 amide bonds. The quantitative estimate of drug-likeness (QED) is 0.182. The van der Waals surface area contributed by atoms with Crippen LogP contribution < -0.4 is 15.4 Å². The fourth-order valence-corrected chi connectivity index (χ4v) is 4.40. The third kappa shape index (κ3) is 5.99. The number of anilines is 3. The number of hydrogen-bond acceptors (Lipinski definition) is 7. The highest BCUT2D eigenvalue weighted by atomic mass is 35.5. The lowest BCUT2D eigenvalue weighted by molar-refractivity contribution is 0.102. The molecule has 1 heterocycles. The van der Waals surface area contributed by atoms with Crippen LogP contribution in [-0.2, 0) is 4.74 Å². The Balaban J connectivity index is 1.54. The largest absolute Gasteiger partial charge is 0.513 e. The van der Waals surface area contributed by atoms with Crippen molar-refractivity contribution in [2.75, 3.05) is 17.7 Å². The Kier molecular flexibility index (Phi) is 8.04. The van der Waals surface area contributed by atoms with E-state index in [0.717, 1.165) is 12.1 Å². The zero-order valence-electron chi connectivity index (χ0n) is 19.9. The summed E-state index contributed by atoms with van der Waals surface area (Å²) in [5.74, 6) is -2.31. The minimum atomic E-state index is -0.928. The zero-order chi connectivity index (χ0) is 27.4. The molecule has 0 aliphatic heterocycles. The first-order valence-corrected chi connectivity index (χ1v) is 12.3. The van der Waals surface area contributed by atoms with E-state index >= 15 is 0 Å². The van der Waals surface area contributed by atoms with E-state index in [9.17, 15) is 23.2 Å². The molecule has 0 saturated heterocycles. The van der Waals surface area contributed by atoms with Gasteiger partial charge in [0.15, 0.2) is 11.5 Å². The van der Waals surface area contributed by atoms with Gasteiger partial charge in [0.25, 0.3) is 5.91 Å². The van der Waals surface area contributed by atoms with Gasteiger partial charge < -0.3 is 20.1 Å². The molecular formula is C27H19ClF2N2O5S. The average Bonchev–Trinajstić information content (AvgIpc) is 3.31. The first-order chi connectivity index (χ1) is 18.2. The molecule has 0 unspecified atom stereocenters. The molecule has 4 rings (SSSR count). The first-order valence-electron chi connectivity index (χ1n) is 11.0. The minimum Gasteiger partial charge on any atom is -0.437 e. The molecule has 11 heteroatoms. The summed E-state index contributed by atoms with van der Waals surface area (Å²) in [6.45, 7) is 1.72. The molecule has 0 fully saturated rings. The molecule has 194 valence electrons. The van der Waals surface area contributed by atoms with E-state index in [-0.39, 0.29) is 38.8 Å². The Morgan fingerprint density at radius 2 is 1.71 bits per heavy atom. The fourth-order valence-electron chi connectivity index (χ4n) is 3.46. The van der Waals surface area contributed by atoms with Gasteiger partial charge in [0, 0.05) is 39.2 Å². The van der Waals surface area contributed by atoms with Crippen LogP contribution in [0, 0.1) is 18.6 Å². The van der Waals surface area contributed by atoms with Gasteiger partial charge in [-0.25, -0.2) is 13.6 Å². The lowest BCUT2D eigenvalue weighted by atomic mass is 9.96. The number of rotatable bonds is 7. The van der Waals surface area contributed by atoms with Crippen LogP contribution in [0.3, 0.4) is 0 Å². The summed E-state index contributed by atoms with van der Waals surface area (Å²) in [4.78, 5) is 37.7. The molecule has 7 nitrogen and oxygen atoms in total. The van der Waals surface area contributed by atoms with E-state index in [4.69, 9.17) is 16.3 Å². The predicted molar refractivity (Wildman–Crippen MR) is 141 cm³/mol. The van der Waals surface area contributed by atoms with Gasteiger partial charge in [-0.15, -0.1) is 11.3 Å². The monoisotopic (exact) mass is 556 g/mol. The van der Waals surface area contributed by atoms with Crippen molar-refractivity contribution in [2.24, 2.45) is 0 Å². The Bertz CT molecular complexity index is 1560. The number of amides is 1. The second kappa shape index (κ2) is 11.4. The van der Waals surface area contributed by atoms with Crippen molar-refractivity contribution in [3.63, 3.8) is 0 Å². The normalized spacial score (nSPS) is 10.6. The first kappa shape index (κ1) is 26.8. The van der Waals surface area contributed by atoms with Gasteiger partial charge >= 0.3 is 6.16 Å². The third-order valence-corrected chi connectivity index (χ3v) is 6.44. The van der Waals surface area contributed by atoms with Gasteiger partial charge in [-0.05, 0) is 55.0 Å². The minimum absolute atomic E-state index is 0.0434. The van der Waals surface area contributed by atoms with E-state index in [0.29, 0.717) is 11.3 Å². The summed E-state index contributed by atoms with van der Waals surface area (Å²) in [6, 6.07) is 12.2. The molecular weight excluding hydrogens is 538 g/mol. The summed E-state index contributed by atoms with van der Waals surface area (Å²) >= 11 is 7.59. The Hall–Kier alpha value is -4.28. The molecule has 0 aliphatic carbocycles. The number of methoxy groups -OCH3 is 1. The second-order valence-electron chi connectivity index (χ2n) is 7.96. The van der Waals surface area contributed by atoms with Gasteiger partial charge in [0.05, 0.1) is 23.5 Å². The average molecular weight is 557 g/mol. The lowest BCUT2D eigenvalue weighted by Gasteiger charge is -2.12. The molecule has 0 atom stereocenters. The molecule has 2 N–H and O–H groups in total. The van der Waals surface area contributed by atoms with Gasteiger partial charge in [0.2, 0.25) is 0 Å². The smallest absolute Gasteiger partial charge is 0.437 e. The summed E-state index contributed by atoms with van der Waals surface area (Å²) in [5.41, 5.74) is 1.93. The summed E-state index contributed by atoms with van der Waals surface area (Å²) in [5, 5.41) is 8.66. The molecule has 3 aromatic carbocycles. The van der Waals surface area contributed by atoms with Crippen molar-refractivity contribution in [3.05, 3.63) is 104 Å². The highest BCUT2D eigenvalue weighted by molar-refractivity contribution is 7.08. The highest BCUT2D eigenvalue weighted by Gasteiger charge is 2.19. The predicted octanol–water partition coefficient (Wildman–Crippen LogP) is 7.36. The van der Waals surface area contributed by atoms with Gasteiger partial charge in [-0.3, -0.25) is 9.59 Å². The van der Waals surface area contributed by atoms with E-state index in [1.807, 2.05) is 0 Å². The molecule has 0 radical (unpaired) electrons. The van der Waals surface area contributed by atoms with E-state index < -0.39 is 29.5 Å². The highest BCUT2D eigenvalue weighted by Crippen LogP contribution is 2.31. The van der Waals surface area contributed by atoms with Crippen molar-refractivity contribution in [1.29, 1.82) is 0 Å². The third-order valence-electron chi connectivity index (χ3n) is 5.40. The number of nitrogens with one attached hydrogen (secondary N) is 2. The Morgan fingerprint density at radius 3 is 2.42 bits per heavy atom. The van der Waals surface area contributed by atoms with Crippen LogP contribution in [0.25, 0.3) is 0 Å². The Morgan fingerprint density at radius 1 is 0.921 bits per heavy atom. The van der Waals surface area contributed by atoms with E-state index in [1.165, 1.54) is 54.2 Å². The van der Waals surface area contributed by atoms with Crippen LogP contribution in [0.5, 0.6) is 5.75 Å². The van der Waals surface area contributed by atoms with Crippen LogP contribution >= 0.6 is 22.9 Å². The molecule has 0 spiro atoms. The van der Waals surface area contributed by atoms with Crippen molar-refractivity contribution in [2.45, 2.75) is 6.92 Å². The standard InChI is InChI=1S/C27H19ClF2N2O5S/c1-14-3-4-15(26(34)32-23-12-38-13-24(23)37-27(35)36-2)9-19(14)25(33)18-7-6-17(11-20(18)28)31-22-8-5-16(29)10-21(22)30/h3-13,31H,1-2H3,(H,32,34). The van der Waals surface area contributed by atoms with Crippen molar-refractivity contribution < 1.29 is 32.6 Å². The number of benzene rings is 3. The number of hydrogen-bond donors (Lipinski definition) is 2. The summed E-state index contributed by atoms with van der Waals surface area (Å²) < 4.78 is 36.6. The van der Waals surface area contributed by atoms with Crippen LogP contribution in [0.1, 0.15) is 31.8 Å². The van der Waals surface area contributed by atoms with Crippen LogP contribution in [0.4, 0.5) is 30.6 Å². The van der Waals surface area contributed by atoms with Crippen LogP contribution in [0.2, 0.25) is 5.02 Å². The van der Waals surface area contributed by atoms with Crippen molar-refractivity contribution in [3.8, 4) is 5.75 Å². The van der Waals surface area contributed by atoms with Crippen molar-refractivity contribution >= 4 is 57.8 Å². The van der Waals surface area contributed by atoms with Gasteiger partial charge in [0.1, 0.15) is 11.6 Å². The van der Waals surface area contributed by atoms with E-state index in [1.54, 1.807) is 24.4 Å². The van der Waals surface area contributed by atoms with Crippen molar-refractivity contribution in [1.82, 2.24) is 0 Å². The number of halogens is 3. The number of ketones is 1. The summed E-state index contributed by atoms with van der Waals surface area (Å²) in [6.07, 6.45) is -0.928. The topological polar surface area (TPSA) is 93.7 Å². The lowest BCUT2D eigenvalue weighted by Crippen LogP contribution is -2.15. The van der Waals surface area contributed by atoms with Gasteiger partial charge in [-0.1, -0.05) is 17.7 Å². The molecule has 0 saturated carbocycles. The summed E-state index contributed by atoms with van der Waals surface area (Å²) in [7, 11) is 1.17. The zero-order valence-corrected chi connectivity index (χ0v) is 21.5. The SMILES string of the molecule is COC(=O)Oc1cscc1NC(=O)c1ccc(C)c(C(=O)c2ccc(Nc3ccc(F)cc3F)cc2Cl)c1. The number of carbonyl (C=O) groups is 3.